The molecule has 0 aliphatic carbocycles. The van der Waals surface area contributed by atoms with Gasteiger partial charge >= 0.3 is 5.97 Å². The molecule has 1 amide bonds. The van der Waals surface area contributed by atoms with E-state index in [1.165, 1.54) is 10.1 Å². The van der Waals surface area contributed by atoms with Crippen molar-refractivity contribution in [3.63, 3.8) is 0 Å². The lowest BCUT2D eigenvalue weighted by atomic mass is 10.1. The molecule has 1 N–H and O–H groups in total. The molecule has 168 valence electrons. The monoisotopic (exact) mass is 436 g/mol. The maximum absolute atomic E-state index is 12.4. The van der Waals surface area contributed by atoms with E-state index in [2.05, 4.69) is 22.4 Å². The van der Waals surface area contributed by atoms with Crippen molar-refractivity contribution in [3.8, 4) is 5.88 Å². The number of hydrogen-bond donors (Lipinski definition) is 1. The Morgan fingerprint density at radius 2 is 1.81 bits per heavy atom. The van der Waals surface area contributed by atoms with Crippen LogP contribution in [0.1, 0.15) is 19.4 Å². The predicted molar refractivity (Wildman–Crippen MR) is 122 cm³/mol. The van der Waals surface area contributed by atoms with Gasteiger partial charge < -0.3 is 9.84 Å². The van der Waals surface area contributed by atoms with Crippen LogP contribution in [0.4, 0.5) is 5.69 Å². The average molecular weight is 437 g/mol. The summed E-state index contributed by atoms with van der Waals surface area (Å²) in [7, 11) is 1.86. The molecule has 3 rings (SSSR count). The molecule has 1 atom stereocenters. The van der Waals surface area contributed by atoms with Crippen LogP contribution < -0.4 is 0 Å². The van der Waals surface area contributed by atoms with Crippen molar-refractivity contribution in [2.24, 2.45) is 10.2 Å². The third kappa shape index (κ3) is 5.59. The van der Waals surface area contributed by atoms with Gasteiger partial charge in [0.05, 0.1) is 18.7 Å². The molecule has 0 radical (unpaired) electrons. The molecule has 32 heavy (non-hydrogen) atoms. The summed E-state index contributed by atoms with van der Waals surface area (Å²) in [5.74, 6) is -1.13. The molecule has 3 aromatic rings. The van der Waals surface area contributed by atoms with Crippen molar-refractivity contribution < 1.29 is 19.4 Å². The van der Waals surface area contributed by atoms with Crippen molar-refractivity contribution in [2.75, 3.05) is 20.2 Å². The summed E-state index contributed by atoms with van der Waals surface area (Å²) in [5.41, 5.74) is 1.95. The van der Waals surface area contributed by atoms with Crippen molar-refractivity contribution in [1.82, 2.24) is 9.47 Å². The van der Waals surface area contributed by atoms with Crippen LogP contribution >= 0.6 is 0 Å². The Kier molecular flexibility index (Phi) is 7.72. The summed E-state index contributed by atoms with van der Waals surface area (Å²) in [6.45, 7) is 3.94. The van der Waals surface area contributed by atoms with Gasteiger partial charge in [0.15, 0.2) is 5.69 Å². The summed E-state index contributed by atoms with van der Waals surface area (Å²) in [6.07, 6.45) is 0.809. The van der Waals surface area contributed by atoms with Crippen molar-refractivity contribution >= 4 is 28.5 Å². The van der Waals surface area contributed by atoms with Crippen LogP contribution in [0, 0.1) is 0 Å². The number of azo groups is 1. The van der Waals surface area contributed by atoms with Gasteiger partial charge in [0.25, 0.3) is 5.91 Å². The molecular formula is C24H28N4O4. The first-order valence-electron chi connectivity index (χ1n) is 10.5. The highest BCUT2D eigenvalue weighted by molar-refractivity contribution is 5.96. The van der Waals surface area contributed by atoms with Crippen LogP contribution in [-0.4, -0.2) is 52.7 Å². The molecule has 8 heteroatoms. The molecule has 1 unspecified atom stereocenters. The highest BCUT2D eigenvalue weighted by atomic mass is 16.5. The van der Waals surface area contributed by atoms with Crippen molar-refractivity contribution in [1.29, 1.82) is 0 Å². The van der Waals surface area contributed by atoms with Crippen LogP contribution in [0.2, 0.25) is 0 Å². The zero-order valence-electron chi connectivity index (χ0n) is 18.6. The largest absolute Gasteiger partial charge is 0.493 e. The average Bonchev–Trinajstić information content (AvgIpc) is 3.04. The molecular weight excluding hydrogens is 408 g/mol. The van der Waals surface area contributed by atoms with Gasteiger partial charge in [0, 0.05) is 11.4 Å². The van der Waals surface area contributed by atoms with Crippen LogP contribution in [0.15, 0.2) is 64.8 Å². The maximum Gasteiger partial charge on any atom is 0.326 e. The standard InChI is InChI=1S/C24H28N4O4/c1-4-32-22(30)16-28-20-13-9-8-12-19(20)23(24(28)31)26-25-21(29)15-27(3)17(2)14-18-10-6-5-7-11-18/h5-13,17,31H,4,14-16H2,1-3H3. The molecule has 2 aromatic carbocycles. The van der Waals surface area contributed by atoms with E-state index in [4.69, 9.17) is 4.74 Å². The first kappa shape index (κ1) is 23.1. The van der Waals surface area contributed by atoms with E-state index in [0.717, 1.165) is 6.42 Å². The number of esters is 1. The van der Waals surface area contributed by atoms with E-state index in [1.54, 1.807) is 31.2 Å². The number of para-hydroxylation sites is 1. The van der Waals surface area contributed by atoms with Crippen molar-refractivity contribution in [3.05, 3.63) is 60.2 Å². The third-order valence-corrected chi connectivity index (χ3v) is 5.28. The quantitative estimate of drug-likeness (QED) is 0.403. The summed E-state index contributed by atoms with van der Waals surface area (Å²) in [5, 5.41) is 19.1. The Balaban J connectivity index is 1.72. The Labute approximate surface area is 187 Å². The third-order valence-electron chi connectivity index (χ3n) is 5.28. The lowest BCUT2D eigenvalue weighted by Gasteiger charge is -2.23. The van der Waals surface area contributed by atoms with Gasteiger partial charge in [0.2, 0.25) is 5.88 Å². The van der Waals surface area contributed by atoms with Crippen LogP contribution in [-0.2, 0) is 27.3 Å². The molecule has 0 aliphatic heterocycles. The molecule has 8 nitrogen and oxygen atoms in total. The fraction of sp³-hybridized carbons (Fsp3) is 0.333. The number of aromatic hydroxyl groups is 1. The molecule has 0 fully saturated rings. The van der Waals surface area contributed by atoms with E-state index in [-0.39, 0.29) is 37.3 Å². The van der Waals surface area contributed by atoms with Gasteiger partial charge in [-0.3, -0.25) is 19.1 Å². The first-order valence-corrected chi connectivity index (χ1v) is 10.5. The Morgan fingerprint density at radius 3 is 2.53 bits per heavy atom. The lowest BCUT2D eigenvalue weighted by Crippen LogP contribution is -2.34. The number of nitrogens with zero attached hydrogens (tertiary/aromatic N) is 4. The second-order valence-electron chi connectivity index (χ2n) is 7.63. The van der Waals surface area contributed by atoms with E-state index in [9.17, 15) is 14.7 Å². The van der Waals surface area contributed by atoms with Gasteiger partial charge in [-0.25, -0.2) is 0 Å². The summed E-state index contributed by atoms with van der Waals surface area (Å²) >= 11 is 0. The van der Waals surface area contributed by atoms with Crippen molar-refractivity contribution in [2.45, 2.75) is 32.9 Å². The van der Waals surface area contributed by atoms with E-state index < -0.39 is 11.9 Å². The molecule has 0 aliphatic rings. The predicted octanol–water partition coefficient (Wildman–Crippen LogP) is 4.08. The van der Waals surface area contributed by atoms with E-state index >= 15 is 0 Å². The summed E-state index contributed by atoms with van der Waals surface area (Å²) < 4.78 is 6.38. The zero-order chi connectivity index (χ0) is 23.1. The van der Waals surface area contributed by atoms with Gasteiger partial charge in [-0.15, -0.1) is 10.2 Å². The number of aromatic nitrogens is 1. The number of amides is 1. The Morgan fingerprint density at radius 1 is 1.12 bits per heavy atom. The highest BCUT2D eigenvalue weighted by Crippen LogP contribution is 2.38. The molecule has 0 saturated heterocycles. The van der Waals surface area contributed by atoms with Crippen LogP contribution in [0.3, 0.4) is 0 Å². The SMILES string of the molecule is CCOC(=O)Cn1c(O)c(N=NC(=O)CN(C)C(C)Cc2ccccc2)c2ccccc21. The number of likely N-dealkylation sites (N-methyl/N-ethyl adjacent to an activating group) is 1. The smallest absolute Gasteiger partial charge is 0.326 e. The Hall–Kier alpha value is -3.52. The van der Waals surface area contributed by atoms with Gasteiger partial charge in [-0.2, -0.15) is 0 Å². The zero-order valence-corrected chi connectivity index (χ0v) is 18.6. The fourth-order valence-corrected chi connectivity index (χ4v) is 3.48. The molecule has 0 bridgehead atoms. The molecule has 1 aromatic heterocycles. The molecule has 0 spiro atoms. The number of fused-ring (bicyclic) bond motifs is 1. The number of carbonyl (C=O) groups excluding carboxylic acids is 2. The van der Waals surface area contributed by atoms with Gasteiger partial charge in [0.1, 0.15) is 6.54 Å². The molecule has 1 heterocycles. The van der Waals surface area contributed by atoms with Crippen LogP contribution in [0.25, 0.3) is 10.9 Å². The summed E-state index contributed by atoms with van der Waals surface area (Å²) in [6, 6.07) is 17.3. The minimum atomic E-state index is -0.475. The summed E-state index contributed by atoms with van der Waals surface area (Å²) in [4.78, 5) is 26.3. The number of carbonyl (C=O) groups is 2. The topological polar surface area (TPSA) is 96.5 Å². The Bertz CT molecular complexity index is 1110. The minimum absolute atomic E-state index is 0.0970. The lowest BCUT2D eigenvalue weighted by molar-refractivity contribution is -0.143. The fourth-order valence-electron chi connectivity index (χ4n) is 3.48. The van der Waals surface area contributed by atoms with Crippen LogP contribution in [0.5, 0.6) is 5.88 Å². The number of hydrogen-bond acceptors (Lipinski definition) is 6. The molecule has 0 saturated carbocycles. The highest BCUT2D eigenvalue weighted by Gasteiger charge is 2.19. The maximum atomic E-state index is 12.4. The number of ether oxygens (including phenoxy) is 1. The number of rotatable bonds is 9. The first-order chi connectivity index (χ1) is 15.4. The van der Waals surface area contributed by atoms with Gasteiger partial charge in [-0.05, 0) is 38.9 Å². The van der Waals surface area contributed by atoms with E-state index in [0.29, 0.717) is 10.9 Å². The second kappa shape index (κ2) is 10.7. The van der Waals surface area contributed by atoms with E-state index in [1.807, 2.05) is 37.1 Å². The normalized spacial score (nSPS) is 12.5. The minimum Gasteiger partial charge on any atom is -0.493 e. The second-order valence-corrected chi connectivity index (χ2v) is 7.63. The van der Waals surface area contributed by atoms with Gasteiger partial charge in [-0.1, -0.05) is 48.5 Å². The number of benzene rings is 2.